The van der Waals surface area contributed by atoms with Crippen molar-refractivity contribution in [2.24, 2.45) is 11.8 Å². The molecule has 5 nitrogen and oxygen atoms in total. The quantitative estimate of drug-likeness (QED) is 0.799. The highest BCUT2D eigenvalue weighted by atomic mass is 16.2. The van der Waals surface area contributed by atoms with Crippen molar-refractivity contribution in [2.45, 2.75) is 52.0 Å². The molecule has 2 aliphatic heterocycles. The van der Waals surface area contributed by atoms with Crippen molar-refractivity contribution in [3.63, 3.8) is 0 Å². The number of hydrogen-bond acceptors (Lipinski definition) is 3. The third-order valence-corrected chi connectivity index (χ3v) is 4.82. The first-order chi connectivity index (χ1) is 10.1. The number of carbonyl (C=O) groups is 2. The van der Waals surface area contributed by atoms with E-state index >= 15 is 0 Å². The van der Waals surface area contributed by atoms with E-state index in [2.05, 4.69) is 10.6 Å². The van der Waals surface area contributed by atoms with Gasteiger partial charge in [0, 0.05) is 31.6 Å². The summed E-state index contributed by atoms with van der Waals surface area (Å²) in [5, 5.41) is 6.44. The van der Waals surface area contributed by atoms with Crippen molar-refractivity contribution < 1.29 is 9.59 Å². The fourth-order valence-electron chi connectivity index (χ4n) is 3.18. The van der Waals surface area contributed by atoms with Gasteiger partial charge in [-0.25, -0.2) is 0 Å². The zero-order valence-electron chi connectivity index (χ0n) is 13.4. The lowest BCUT2D eigenvalue weighted by atomic mass is 9.95. The Morgan fingerprint density at radius 2 is 2.14 bits per heavy atom. The Morgan fingerprint density at radius 3 is 2.81 bits per heavy atom. The molecule has 0 saturated carbocycles. The lowest BCUT2D eigenvalue weighted by molar-refractivity contribution is -0.138. The zero-order valence-corrected chi connectivity index (χ0v) is 13.4. The summed E-state index contributed by atoms with van der Waals surface area (Å²) in [5.41, 5.74) is 0. The first-order valence-electron chi connectivity index (χ1n) is 8.41. The number of nitrogens with zero attached hydrogens (tertiary/aromatic N) is 1. The standard InChI is InChI=1S/C16H29N3O2/c1-3-12(2)16(21)19-9-5-6-13(11-19)15(20)18-10-14-7-4-8-17-14/h12-14,17H,3-11H2,1-2H3,(H,18,20). The van der Waals surface area contributed by atoms with Crippen LogP contribution in [0.1, 0.15) is 46.0 Å². The van der Waals surface area contributed by atoms with Gasteiger partial charge in [0.15, 0.2) is 0 Å². The van der Waals surface area contributed by atoms with Crippen LogP contribution in [0.15, 0.2) is 0 Å². The molecule has 0 aromatic heterocycles. The van der Waals surface area contributed by atoms with E-state index in [1.54, 1.807) is 0 Å². The van der Waals surface area contributed by atoms with Crippen molar-refractivity contribution in [3.8, 4) is 0 Å². The zero-order chi connectivity index (χ0) is 15.2. The van der Waals surface area contributed by atoms with Gasteiger partial charge in [0.25, 0.3) is 0 Å². The molecule has 3 atom stereocenters. The van der Waals surface area contributed by atoms with Gasteiger partial charge < -0.3 is 15.5 Å². The molecule has 2 aliphatic rings. The molecule has 2 fully saturated rings. The minimum atomic E-state index is -0.0341. The summed E-state index contributed by atoms with van der Waals surface area (Å²) in [6, 6.07) is 0.426. The molecule has 2 N–H and O–H groups in total. The molecule has 0 spiro atoms. The fourth-order valence-corrected chi connectivity index (χ4v) is 3.18. The Hall–Kier alpha value is -1.10. The second kappa shape index (κ2) is 7.78. The maximum Gasteiger partial charge on any atom is 0.225 e. The third-order valence-electron chi connectivity index (χ3n) is 4.82. The van der Waals surface area contributed by atoms with E-state index in [-0.39, 0.29) is 23.7 Å². The monoisotopic (exact) mass is 295 g/mol. The number of piperidine rings is 1. The highest BCUT2D eigenvalue weighted by molar-refractivity contribution is 5.82. The number of likely N-dealkylation sites (tertiary alicyclic amines) is 1. The van der Waals surface area contributed by atoms with Gasteiger partial charge in [-0.2, -0.15) is 0 Å². The van der Waals surface area contributed by atoms with Crippen molar-refractivity contribution in [3.05, 3.63) is 0 Å². The van der Waals surface area contributed by atoms with E-state index in [1.807, 2.05) is 18.7 Å². The minimum absolute atomic E-state index is 0.0341. The van der Waals surface area contributed by atoms with Crippen LogP contribution >= 0.6 is 0 Å². The van der Waals surface area contributed by atoms with Gasteiger partial charge >= 0.3 is 0 Å². The number of rotatable bonds is 5. The van der Waals surface area contributed by atoms with E-state index in [0.717, 1.165) is 38.8 Å². The lowest BCUT2D eigenvalue weighted by Crippen LogP contribution is -2.48. The summed E-state index contributed by atoms with van der Waals surface area (Å²) in [5.74, 6) is 0.348. The summed E-state index contributed by atoms with van der Waals surface area (Å²) >= 11 is 0. The average molecular weight is 295 g/mol. The predicted octanol–water partition coefficient (Wildman–Crippen LogP) is 1.14. The molecule has 0 aromatic carbocycles. The Kier molecular flexibility index (Phi) is 6.03. The molecule has 21 heavy (non-hydrogen) atoms. The minimum Gasteiger partial charge on any atom is -0.354 e. The molecule has 0 aromatic rings. The van der Waals surface area contributed by atoms with Crippen molar-refractivity contribution in [1.82, 2.24) is 15.5 Å². The molecule has 2 amide bonds. The van der Waals surface area contributed by atoms with Crippen molar-refractivity contribution in [1.29, 1.82) is 0 Å². The molecule has 2 heterocycles. The SMILES string of the molecule is CCC(C)C(=O)N1CCCC(C(=O)NCC2CCCN2)C1. The van der Waals surface area contributed by atoms with Crippen LogP contribution in [0.5, 0.6) is 0 Å². The fraction of sp³-hybridized carbons (Fsp3) is 0.875. The summed E-state index contributed by atoms with van der Waals surface area (Å²) < 4.78 is 0. The molecule has 0 radical (unpaired) electrons. The van der Waals surface area contributed by atoms with Gasteiger partial charge in [-0.3, -0.25) is 9.59 Å². The first-order valence-corrected chi connectivity index (χ1v) is 8.41. The van der Waals surface area contributed by atoms with Gasteiger partial charge in [0.05, 0.1) is 5.92 Å². The van der Waals surface area contributed by atoms with E-state index in [0.29, 0.717) is 19.1 Å². The largest absolute Gasteiger partial charge is 0.354 e. The van der Waals surface area contributed by atoms with Crippen LogP contribution in [0.3, 0.4) is 0 Å². The van der Waals surface area contributed by atoms with Gasteiger partial charge in [-0.05, 0) is 38.6 Å². The molecular weight excluding hydrogens is 266 g/mol. The highest BCUT2D eigenvalue weighted by Gasteiger charge is 2.30. The molecule has 120 valence electrons. The number of amides is 2. The Morgan fingerprint density at radius 1 is 1.33 bits per heavy atom. The van der Waals surface area contributed by atoms with Crippen molar-refractivity contribution >= 4 is 11.8 Å². The Bertz CT molecular complexity index is 367. The van der Waals surface area contributed by atoms with Crippen LogP contribution in [0.4, 0.5) is 0 Å². The number of carbonyl (C=O) groups excluding carboxylic acids is 2. The topological polar surface area (TPSA) is 61.4 Å². The third kappa shape index (κ3) is 4.43. The summed E-state index contributed by atoms with van der Waals surface area (Å²) in [4.78, 5) is 26.4. The average Bonchev–Trinajstić information content (AvgIpc) is 3.04. The van der Waals surface area contributed by atoms with Gasteiger partial charge in [0.2, 0.25) is 11.8 Å². The molecule has 2 saturated heterocycles. The highest BCUT2D eigenvalue weighted by Crippen LogP contribution is 2.19. The van der Waals surface area contributed by atoms with Gasteiger partial charge in [-0.15, -0.1) is 0 Å². The summed E-state index contributed by atoms with van der Waals surface area (Å²) in [6.45, 7) is 7.17. The lowest BCUT2D eigenvalue weighted by Gasteiger charge is -2.33. The molecule has 3 unspecified atom stereocenters. The van der Waals surface area contributed by atoms with E-state index in [1.165, 1.54) is 6.42 Å². The second-order valence-electron chi connectivity index (χ2n) is 6.47. The summed E-state index contributed by atoms with van der Waals surface area (Å²) in [7, 11) is 0. The smallest absolute Gasteiger partial charge is 0.225 e. The Balaban J connectivity index is 1.79. The molecule has 5 heteroatoms. The van der Waals surface area contributed by atoms with Crippen LogP contribution in [0.25, 0.3) is 0 Å². The first kappa shape index (κ1) is 16.3. The maximum absolute atomic E-state index is 12.3. The second-order valence-corrected chi connectivity index (χ2v) is 6.47. The van der Waals surface area contributed by atoms with E-state index in [4.69, 9.17) is 0 Å². The molecular formula is C16H29N3O2. The van der Waals surface area contributed by atoms with Crippen LogP contribution in [-0.2, 0) is 9.59 Å². The number of nitrogens with one attached hydrogen (secondary N) is 2. The van der Waals surface area contributed by atoms with E-state index < -0.39 is 0 Å². The van der Waals surface area contributed by atoms with Crippen LogP contribution in [-0.4, -0.2) is 48.9 Å². The van der Waals surface area contributed by atoms with Crippen LogP contribution in [0.2, 0.25) is 0 Å². The van der Waals surface area contributed by atoms with Crippen LogP contribution in [0, 0.1) is 11.8 Å². The van der Waals surface area contributed by atoms with Crippen LogP contribution < -0.4 is 10.6 Å². The molecule has 0 aliphatic carbocycles. The summed E-state index contributed by atoms with van der Waals surface area (Å²) in [6.07, 6.45) is 5.03. The van der Waals surface area contributed by atoms with Crippen molar-refractivity contribution in [2.75, 3.05) is 26.2 Å². The van der Waals surface area contributed by atoms with Gasteiger partial charge in [0.1, 0.15) is 0 Å². The van der Waals surface area contributed by atoms with Gasteiger partial charge in [-0.1, -0.05) is 13.8 Å². The maximum atomic E-state index is 12.3. The number of hydrogen-bond donors (Lipinski definition) is 2. The molecule has 2 rings (SSSR count). The normalized spacial score (nSPS) is 27.4. The predicted molar refractivity (Wildman–Crippen MR) is 82.8 cm³/mol. The Labute approximate surface area is 127 Å². The van der Waals surface area contributed by atoms with E-state index in [9.17, 15) is 9.59 Å². The molecule has 0 bridgehead atoms.